The van der Waals surface area contributed by atoms with Crippen LogP contribution in [0.25, 0.3) is 11.3 Å². The number of aryl methyl sites for hydroxylation is 1. The van der Waals surface area contributed by atoms with Crippen LogP contribution in [0.15, 0.2) is 48.0 Å². The van der Waals surface area contributed by atoms with Crippen LogP contribution in [0.5, 0.6) is 0 Å². The number of hydrogen-bond acceptors (Lipinski definition) is 3. The molecule has 0 aliphatic carbocycles. The standard InChI is InChI=1S/C16H17N5S/c1-11-13(7-8-19-11)14-10-22-16(20-14)21(15(17)18)9-12-5-3-2-4-6-12/h2-8,10,19H,9H2,1H3,(H3,17,18). The van der Waals surface area contributed by atoms with E-state index in [1.807, 2.05) is 54.9 Å². The van der Waals surface area contributed by atoms with E-state index in [1.54, 1.807) is 4.90 Å². The molecule has 3 rings (SSSR count). The molecule has 0 amide bonds. The molecule has 0 aliphatic rings. The molecular weight excluding hydrogens is 294 g/mol. The molecule has 0 spiro atoms. The summed E-state index contributed by atoms with van der Waals surface area (Å²) < 4.78 is 0. The highest BCUT2D eigenvalue weighted by Crippen LogP contribution is 2.29. The van der Waals surface area contributed by atoms with E-state index in [9.17, 15) is 0 Å². The second kappa shape index (κ2) is 6.03. The summed E-state index contributed by atoms with van der Waals surface area (Å²) >= 11 is 1.49. The smallest absolute Gasteiger partial charge is 0.195 e. The van der Waals surface area contributed by atoms with Gasteiger partial charge in [-0.2, -0.15) is 0 Å². The summed E-state index contributed by atoms with van der Waals surface area (Å²) in [5.74, 6) is -0.00413. The maximum absolute atomic E-state index is 7.83. The maximum Gasteiger partial charge on any atom is 0.195 e. The maximum atomic E-state index is 7.83. The lowest BCUT2D eigenvalue weighted by molar-refractivity contribution is 0.976. The molecule has 5 nitrogen and oxygen atoms in total. The third-order valence-corrected chi connectivity index (χ3v) is 4.29. The zero-order valence-electron chi connectivity index (χ0n) is 12.2. The number of hydrogen-bond donors (Lipinski definition) is 3. The molecule has 112 valence electrons. The van der Waals surface area contributed by atoms with E-state index < -0.39 is 0 Å². The highest BCUT2D eigenvalue weighted by atomic mass is 32.1. The van der Waals surface area contributed by atoms with Crippen molar-refractivity contribution in [2.45, 2.75) is 13.5 Å². The van der Waals surface area contributed by atoms with Crippen molar-refractivity contribution in [2.75, 3.05) is 4.90 Å². The van der Waals surface area contributed by atoms with Gasteiger partial charge in [-0.15, -0.1) is 11.3 Å². The molecule has 0 fully saturated rings. The normalized spacial score (nSPS) is 10.6. The number of nitrogens with zero attached hydrogens (tertiary/aromatic N) is 2. The minimum atomic E-state index is -0.00413. The number of rotatable bonds is 4. The van der Waals surface area contributed by atoms with Crippen LogP contribution in [0.2, 0.25) is 0 Å². The number of nitrogens with one attached hydrogen (secondary N) is 2. The molecule has 0 aliphatic heterocycles. The molecule has 3 aromatic rings. The van der Waals surface area contributed by atoms with Crippen molar-refractivity contribution in [3.05, 3.63) is 59.2 Å². The molecule has 0 saturated heterocycles. The van der Waals surface area contributed by atoms with Gasteiger partial charge in [-0.25, -0.2) is 4.98 Å². The van der Waals surface area contributed by atoms with Gasteiger partial charge in [0.25, 0.3) is 0 Å². The number of anilines is 1. The third kappa shape index (κ3) is 2.87. The molecule has 6 heteroatoms. The predicted molar refractivity (Wildman–Crippen MR) is 91.2 cm³/mol. The van der Waals surface area contributed by atoms with Crippen molar-refractivity contribution >= 4 is 22.4 Å². The number of thiazole rings is 1. The zero-order valence-corrected chi connectivity index (χ0v) is 13.0. The topological polar surface area (TPSA) is 81.8 Å². The molecule has 0 bridgehead atoms. The average Bonchev–Trinajstić information content (AvgIpc) is 3.14. The Morgan fingerprint density at radius 2 is 2.09 bits per heavy atom. The summed E-state index contributed by atoms with van der Waals surface area (Å²) in [4.78, 5) is 9.50. The first kappa shape index (κ1) is 14.3. The number of benzene rings is 1. The highest BCUT2D eigenvalue weighted by molar-refractivity contribution is 7.14. The predicted octanol–water partition coefficient (Wildman–Crippen LogP) is 3.35. The third-order valence-electron chi connectivity index (χ3n) is 3.43. The van der Waals surface area contributed by atoms with Crippen molar-refractivity contribution < 1.29 is 0 Å². The quantitative estimate of drug-likeness (QED) is 0.510. The lowest BCUT2D eigenvalue weighted by atomic mass is 10.2. The Kier molecular flexibility index (Phi) is 3.93. The molecule has 4 N–H and O–H groups in total. The van der Waals surface area contributed by atoms with Crippen LogP contribution in [0.1, 0.15) is 11.3 Å². The Morgan fingerprint density at radius 1 is 1.32 bits per heavy atom. The van der Waals surface area contributed by atoms with Gasteiger partial charge in [0, 0.05) is 22.8 Å². The van der Waals surface area contributed by atoms with E-state index in [1.165, 1.54) is 11.3 Å². The Bertz CT molecular complexity index is 775. The van der Waals surface area contributed by atoms with Crippen molar-refractivity contribution in [3.63, 3.8) is 0 Å². The van der Waals surface area contributed by atoms with Gasteiger partial charge in [-0.1, -0.05) is 30.3 Å². The van der Waals surface area contributed by atoms with Gasteiger partial charge in [-0.05, 0) is 18.6 Å². The van der Waals surface area contributed by atoms with Crippen molar-refractivity contribution in [2.24, 2.45) is 5.73 Å². The van der Waals surface area contributed by atoms with E-state index in [0.29, 0.717) is 6.54 Å². The molecule has 1 aromatic carbocycles. The lowest BCUT2D eigenvalue weighted by Gasteiger charge is -2.19. The van der Waals surface area contributed by atoms with E-state index in [0.717, 1.165) is 27.6 Å². The van der Waals surface area contributed by atoms with Gasteiger partial charge in [0.2, 0.25) is 0 Å². The second-order valence-electron chi connectivity index (χ2n) is 4.99. The minimum Gasteiger partial charge on any atom is -0.370 e. The number of nitrogens with two attached hydrogens (primary N) is 1. The zero-order chi connectivity index (χ0) is 15.5. The summed E-state index contributed by atoms with van der Waals surface area (Å²) in [5, 5.41) is 10.5. The molecule has 2 aromatic heterocycles. The van der Waals surface area contributed by atoms with Crippen LogP contribution >= 0.6 is 11.3 Å². The fourth-order valence-electron chi connectivity index (χ4n) is 2.26. The SMILES string of the molecule is Cc1[nH]ccc1-c1csc(N(Cc2ccccc2)C(=N)N)n1. The van der Waals surface area contributed by atoms with Crippen molar-refractivity contribution in [1.29, 1.82) is 5.41 Å². The van der Waals surface area contributed by atoms with Crippen LogP contribution in [0.4, 0.5) is 5.13 Å². The molecule has 0 radical (unpaired) electrons. The molecule has 0 atom stereocenters. The van der Waals surface area contributed by atoms with Gasteiger partial charge >= 0.3 is 0 Å². The monoisotopic (exact) mass is 311 g/mol. The van der Waals surface area contributed by atoms with Gasteiger partial charge in [0.1, 0.15) is 0 Å². The van der Waals surface area contributed by atoms with Crippen molar-refractivity contribution in [1.82, 2.24) is 9.97 Å². The van der Waals surface area contributed by atoms with Crippen molar-refractivity contribution in [3.8, 4) is 11.3 Å². The fourth-order valence-corrected chi connectivity index (χ4v) is 3.10. The first-order valence-electron chi connectivity index (χ1n) is 6.90. The summed E-state index contributed by atoms with van der Waals surface area (Å²) in [5.41, 5.74) is 9.89. The fraction of sp³-hybridized carbons (Fsp3) is 0.125. The van der Waals surface area contributed by atoms with Crippen LogP contribution < -0.4 is 10.6 Å². The van der Waals surface area contributed by atoms with Gasteiger partial charge in [-0.3, -0.25) is 10.3 Å². The van der Waals surface area contributed by atoms with E-state index >= 15 is 0 Å². The average molecular weight is 311 g/mol. The number of aromatic nitrogens is 2. The number of aromatic amines is 1. The first-order valence-corrected chi connectivity index (χ1v) is 7.78. The van der Waals surface area contributed by atoms with Crippen LogP contribution in [0.3, 0.4) is 0 Å². The van der Waals surface area contributed by atoms with E-state index in [2.05, 4.69) is 9.97 Å². The summed E-state index contributed by atoms with van der Waals surface area (Å²) in [7, 11) is 0. The van der Waals surface area contributed by atoms with Gasteiger partial charge in [0.05, 0.1) is 12.2 Å². The molecule has 0 unspecified atom stereocenters. The Balaban J connectivity index is 1.88. The molecule has 2 heterocycles. The van der Waals surface area contributed by atoms with E-state index in [-0.39, 0.29) is 5.96 Å². The van der Waals surface area contributed by atoms with Gasteiger partial charge in [0.15, 0.2) is 11.1 Å². The Labute approximate surface area is 132 Å². The van der Waals surface area contributed by atoms with Gasteiger partial charge < -0.3 is 10.7 Å². The Morgan fingerprint density at radius 3 is 2.73 bits per heavy atom. The summed E-state index contributed by atoms with van der Waals surface area (Å²) in [6, 6.07) is 12.0. The van der Waals surface area contributed by atoms with Crippen LogP contribution in [-0.2, 0) is 6.54 Å². The second-order valence-corrected chi connectivity index (χ2v) is 5.83. The van der Waals surface area contributed by atoms with Crippen LogP contribution in [0, 0.1) is 12.3 Å². The molecule has 22 heavy (non-hydrogen) atoms. The molecule has 0 saturated carbocycles. The lowest BCUT2D eigenvalue weighted by Crippen LogP contribution is -2.35. The highest BCUT2D eigenvalue weighted by Gasteiger charge is 2.16. The summed E-state index contributed by atoms with van der Waals surface area (Å²) in [6.45, 7) is 2.55. The molecular formula is C16H17N5S. The Hall–Kier alpha value is -2.60. The number of guanidine groups is 1. The summed E-state index contributed by atoms with van der Waals surface area (Å²) in [6.07, 6.45) is 1.90. The van der Waals surface area contributed by atoms with E-state index in [4.69, 9.17) is 11.1 Å². The first-order chi connectivity index (χ1) is 10.6. The minimum absolute atomic E-state index is 0.00413. The largest absolute Gasteiger partial charge is 0.370 e. The van der Waals surface area contributed by atoms with Crippen LogP contribution in [-0.4, -0.2) is 15.9 Å². The number of H-pyrrole nitrogens is 1.